The van der Waals surface area contributed by atoms with Crippen LogP contribution in [-0.4, -0.2) is 16.2 Å². The minimum atomic E-state index is -4.84. The maximum Gasteiger partial charge on any atom is 0.417 e. The van der Waals surface area contributed by atoms with Gasteiger partial charge < -0.3 is 0 Å². The fraction of sp³-hybridized carbons (Fsp3) is 0.0526. The number of halogens is 5. The molecule has 6 nitrogen and oxygen atoms in total. The van der Waals surface area contributed by atoms with Gasteiger partial charge in [-0.15, -0.1) is 0 Å². The Labute approximate surface area is 171 Å². The molecule has 0 amide bonds. The molecule has 30 heavy (non-hydrogen) atoms. The van der Waals surface area contributed by atoms with Crippen LogP contribution in [0.4, 0.5) is 23.5 Å². The van der Waals surface area contributed by atoms with Crippen LogP contribution < -0.4 is 11.0 Å². The molecule has 11 heteroatoms. The third kappa shape index (κ3) is 4.31. The highest BCUT2D eigenvalue weighted by molar-refractivity contribution is 6.31. The van der Waals surface area contributed by atoms with Crippen LogP contribution in [0.25, 0.3) is 11.3 Å². The van der Waals surface area contributed by atoms with Gasteiger partial charge in [-0.2, -0.15) is 23.5 Å². The molecule has 1 aromatic heterocycles. The van der Waals surface area contributed by atoms with Crippen molar-refractivity contribution >= 4 is 23.8 Å². The number of hydrogen-bond acceptors (Lipinski definition) is 5. The largest absolute Gasteiger partial charge is 0.417 e. The Hall–Kier alpha value is -3.71. The van der Waals surface area contributed by atoms with E-state index in [4.69, 9.17) is 11.6 Å². The lowest BCUT2D eigenvalue weighted by Gasteiger charge is -2.11. The molecule has 0 aliphatic heterocycles. The van der Waals surface area contributed by atoms with E-state index < -0.39 is 33.7 Å². The van der Waals surface area contributed by atoms with Gasteiger partial charge in [0.25, 0.3) is 5.56 Å². The molecule has 0 unspecified atom stereocenters. The minimum Gasteiger partial charge on any atom is -0.290 e. The zero-order chi connectivity index (χ0) is 21.9. The second-order valence-corrected chi connectivity index (χ2v) is 6.21. The van der Waals surface area contributed by atoms with Gasteiger partial charge in [0.05, 0.1) is 22.5 Å². The van der Waals surface area contributed by atoms with Crippen LogP contribution in [0.3, 0.4) is 0 Å². The Morgan fingerprint density at radius 2 is 1.90 bits per heavy atom. The molecular weight excluding hydrogens is 426 g/mol. The molecule has 3 aromatic rings. The third-order valence-electron chi connectivity index (χ3n) is 3.88. The van der Waals surface area contributed by atoms with Crippen molar-refractivity contribution in [1.29, 1.82) is 5.26 Å². The highest BCUT2D eigenvalue weighted by Crippen LogP contribution is 2.34. The molecule has 0 bridgehead atoms. The fourth-order valence-corrected chi connectivity index (χ4v) is 2.70. The number of aromatic nitrogens is 2. The summed E-state index contributed by atoms with van der Waals surface area (Å²) in [5.74, 6) is -1.56. The molecule has 2 aromatic carbocycles. The Bertz CT molecular complexity index is 1220. The van der Waals surface area contributed by atoms with Crippen molar-refractivity contribution < 1.29 is 17.6 Å². The first-order valence-corrected chi connectivity index (χ1v) is 8.54. The highest BCUT2D eigenvalue weighted by atomic mass is 35.5. The summed E-state index contributed by atoms with van der Waals surface area (Å²) in [4.78, 5) is 18.5. The molecule has 0 saturated carbocycles. The molecular formula is C19H10ClF4N5O. The number of benzene rings is 2. The smallest absolute Gasteiger partial charge is 0.290 e. The van der Waals surface area contributed by atoms with Gasteiger partial charge in [-0.3, -0.25) is 9.78 Å². The summed E-state index contributed by atoms with van der Waals surface area (Å²) in [6.45, 7) is 0. The average molecular weight is 436 g/mol. The van der Waals surface area contributed by atoms with E-state index in [0.29, 0.717) is 17.8 Å². The summed E-state index contributed by atoms with van der Waals surface area (Å²) < 4.78 is 53.4. The Morgan fingerprint density at radius 3 is 2.53 bits per heavy atom. The van der Waals surface area contributed by atoms with Gasteiger partial charge in [0.2, 0.25) is 5.95 Å². The van der Waals surface area contributed by atoms with E-state index in [1.54, 1.807) is 36.4 Å². The predicted octanol–water partition coefficient (Wildman–Crippen LogP) is 4.57. The monoisotopic (exact) mass is 435 g/mol. The van der Waals surface area contributed by atoms with Crippen molar-refractivity contribution in [2.45, 2.75) is 6.18 Å². The number of aromatic amines is 1. The van der Waals surface area contributed by atoms with Crippen LogP contribution >= 0.6 is 11.6 Å². The fourth-order valence-electron chi connectivity index (χ4n) is 2.53. The Balaban J connectivity index is 1.99. The molecule has 0 aliphatic carbocycles. The number of nitrogens with zero attached hydrogens (tertiary/aromatic N) is 3. The maximum absolute atomic E-state index is 14.1. The lowest BCUT2D eigenvalue weighted by Crippen LogP contribution is -2.16. The minimum absolute atomic E-state index is 0.0458. The molecule has 0 atom stereocenters. The summed E-state index contributed by atoms with van der Waals surface area (Å²) in [6, 6.07) is 11.5. The van der Waals surface area contributed by atoms with Gasteiger partial charge in [0, 0.05) is 11.1 Å². The molecule has 152 valence electrons. The highest BCUT2D eigenvalue weighted by Gasteiger charge is 2.34. The SMILES string of the molecule is N#Cc1c(-c2ccccc2)nc(NN=Cc2c(C(F)(F)F)ccc(Cl)c2F)[nH]c1=O. The van der Waals surface area contributed by atoms with Gasteiger partial charge >= 0.3 is 6.18 Å². The summed E-state index contributed by atoms with van der Waals surface area (Å²) in [6.07, 6.45) is -4.27. The van der Waals surface area contributed by atoms with Gasteiger partial charge in [-0.25, -0.2) is 14.8 Å². The molecule has 1 heterocycles. The van der Waals surface area contributed by atoms with E-state index >= 15 is 0 Å². The quantitative estimate of drug-likeness (QED) is 0.357. The lowest BCUT2D eigenvalue weighted by molar-refractivity contribution is -0.137. The third-order valence-corrected chi connectivity index (χ3v) is 4.17. The van der Waals surface area contributed by atoms with E-state index in [9.17, 15) is 27.6 Å². The number of anilines is 1. The van der Waals surface area contributed by atoms with Gasteiger partial charge in [0.15, 0.2) is 5.82 Å². The van der Waals surface area contributed by atoms with Crippen LogP contribution in [-0.2, 0) is 6.18 Å². The van der Waals surface area contributed by atoms with Crippen molar-refractivity contribution in [1.82, 2.24) is 9.97 Å². The Kier molecular flexibility index (Phi) is 5.84. The van der Waals surface area contributed by atoms with E-state index in [0.717, 1.165) is 6.07 Å². The van der Waals surface area contributed by atoms with Crippen LogP contribution in [0.15, 0.2) is 52.4 Å². The van der Waals surface area contributed by atoms with Crippen molar-refractivity contribution in [3.05, 3.63) is 80.3 Å². The number of nitriles is 1. The van der Waals surface area contributed by atoms with E-state index in [-0.39, 0.29) is 17.2 Å². The summed E-state index contributed by atoms with van der Waals surface area (Å²) in [5.41, 5.74) is -0.453. The maximum atomic E-state index is 14.1. The zero-order valence-corrected chi connectivity index (χ0v) is 15.5. The summed E-state index contributed by atoms with van der Waals surface area (Å²) >= 11 is 5.56. The van der Waals surface area contributed by atoms with E-state index in [1.807, 2.05) is 0 Å². The van der Waals surface area contributed by atoms with Gasteiger partial charge in [-0.05, 0) is 12.1 Å². The first-order chi connectivity index (χ1) is 14.2. The number of rotatable bonds is 4. The average Bonchev–Trinajstić information content (AvgIpc) is 2.70. The number of hydrogen-bond donors (Lipinski definition) is 2. The van der Waals surface area contributed by atoms with Crippen molar-refractivity contribution in [2.75, 3.05) is 5.43 Å². The molecule has 0 radical (unpaired) electrons. The lowest BCUT2D eigenvalue weighted by atomic mass is 10.1. The van der Waals surface area contributed by atoms with E-state index in [1.165, 1.54) is 0 Å². The zero-order valence-electron chi connectivity index (χ0n) is 14.8. The van der Waals surface area contributed by atoms with Crippen molar-refractivity contribution in [3.8, 4) is 17.3 Å². The van der Waals surface area contributed by atoms with E-state index in [2.05, 4.69) is 20.5 Å². The van der Waals surface area contributed by atoms with Crippen LogP contribution in [0.2, 0.25) is 5.02 Å². The first-order valence-electron chi connectivity index (χ1n) is 8.16. The topological polar surface area (TPSA) is 93.9 Å². The van der Waals surface area contributed by atoms with Crippen LogP contribution in [0.1, 0.15) is 16.7 Å². The molecule has 0 spiro atoms. The number of nitrogens with one attached hydrogen (secondary N) is 2. The van der Waals surface area contributed by atoms with Crippen LogP contribution in [0.5, 0.6) is 0 Å². The predicted molar refractivity (Wildman–Crippen MR) is 103 cm³/mol. The molecule has 0 fully saturated rings. The first kappa shape index (κ1) is 21.0. The number of H-pyrrole nitrogens is 1. The second kappa shape index (κ2) is 8.34. The van der Waals surface area contributed by atoms with Gasteiger partial charge in [-0.1, -0.05) is 41.9 Å². The molecule has 3 rings (SSSR count). The standard InChI is InChI=1S/C19H10ClF4N5O/c20-14-7-6-13(19(22,23)24)12(15(14)21)9-26-29-18-27-16(10-4-2-1-3-5-10)11(8-25)17(30)28-18/h1-7,9H,(H2,27,28,29,30). The second-order valence-electron chi connectivity index (χ2n) is 5.81. The normalized spacial score (nSPS) is 11.5. The molecule has 0 saturated heterocycles. The molecule has 2 N–H and O–H groups in total. The number of alkyl halides is 3. The van der Waals surface area contributed by atoms with Crippen molar-refractivity contribution in [3.63, 3.8) is 0 Å². The summed E-state index contributed by atoms with van der Waals surface area (Å²) in [7, 11) is 0. The van der Waals surface area contributed by atoms with Crippen LogP contribution in [0, 0.1) is 17.1 Å². The van der Waals surface area contributed by atoms with Gasteiger partial charge in [0.1, 0.15) is 11.6 Å². The van der Waals surface area contributed by atoms with Crippen molar-refractivity contribution in [2.24, 2.45) is 5.10 Å². The summed E-state index contributed by atoms with van der Waals surface area (Å²) in [5, 5.41) is 12.2. The Morgan fingerprint density at radius 1 is 1.20 bits per heavy atom. The number of hydrazone groups is 1. The molecule has 0 aliphatic rings.